The molecule has 0 aliphatic heterocycles. The molecular formula is C25H31NO4. The first-order chi connectivity index (χ1) is 14.4. The van der Waals surface area contributed by atoms with Crippen molar-refractivity contribution < 1.29 is 19.1 Å². The third kappa shape index (κ3) is 3.57. The van der Waals surface area contributed by atoms with Crippen LogP contribution in [0.15, 0.2) is 18.2 Å². The van der Waals surface area contributed by atoms with Gasteiger partial charge in [0.15, 0.2) is 6.10 Å². The maximum absolute atomic E-state index is 13.0. The highest BCUT2D eigenvalue weighted by atomic mass is 16.5. The third-order valence-electron chi connectivity index (χ3n) is 7.97. The molecule has 4 fully saturated rings. The molecule has 0 aromatic heterocycles. The van der Waals surface area contributed by atoms with Crippen LogP contribution in [0.25, 0.3) is 0 Å². The molecular weight excluding hydrogens is 378 g/mol. The molecule has 160 valence electrons. The monoisotopic (exact) mass is 409 g/mol. The van der Waals surface area contributed by atoms with Gasteiger partial charge in [-0.25, -0.2) is 0 Å². The fourth-order valence-corrected chi connectivity index (χ4v) is 6.98. The van der Waals surface area contributed by atoms with Crippen LogP contribution >= 0.6 is 0 Å². The molecule has 5 aliphatic rings. The van der Waals surface area contributed by atoms with E-state index in [9.17, 15) is 14.4 Å². The first-order valence-electron chi connectivity index (χ1n) is 11.6. The lowest BCUT2D eigenvalue weighted by molar-refractivity contribution is -0.152. The number of ether oxygens (including phenoxy) is 1. The number of rotatable bonds is 6. The second kappa shape index (κ2) is 7.51. The van der Waals surface area contributed by atoms with Gasteiger partial charge in [0, 0.05) is 11.0 Å². The van der Waals surface area contributed by atoms with E-state index < -0.39 is 12.1 Å². The van der Waals surface area contributed by atoms with Crippen molar-refractivity contribution >= 4 is 17.7 Å². The lowest BCUT2D eigenvalue weighted by atomic mass is 9.49. The van der Waals surface area contributed by atoms with E-state index in [0.29, 0.717) is 23.3 Å². The van der Waals surface area contributed by atoms with E-state index in [2.05, 4.69) is 5.32 Å². The molecule has 4 bridgehead atoms. The predicted octanol–water partition coefficient (Wildman–Crippen LogP) is 3.62. The predicted molar refractivity (Wildman–Crippen MR) is 112 cm³/mol. The van der Waals surface area contributed by atoms with E-state index in [1.54, 1.807) is 6.92 Å². The summed E-state index contributed by atoms with van der Waals surface area (Å²) in [5.74, 6) is 1.31. The van der Waals surface area contributed by atoms with Crippen LogP contribution in [0.2, 0.25) is 0 Å². The first kappa shape index (κ1) is 19.8. The Morgan fingerprint density at radius 2 is 1.67 bits per heavy atom. The Labute approximate surface area is 177 Å². The molecule has 1 amide bonds. The van der Waals surface area contributed by atoms with E-state index in [1.165, 1.54) is 30.4 Å². The molecule has 0 heterocycles. The molecule has 1 aromatic carbocycles. The quantitative estimate of drug-likeness (QED) is 0.575. The molecule has 0 unspecified atom stereocenters. The smallest absolute Gasteiger partial charge is 0.326 e. The van der Waals surface area contributed by atoms with Gasteiger partial charge < -0.3 is 10.1 Å². The highest BCUT2D eigenvalue weighted by molar-refractivity contribution is 6.00. The summed E-state index contributed by atoms with van der Waals surface area (Å²) in [6, 6.07) is 5.77. The Bertz CT molecular complexity index is 854. The number of Topliss-reactive ketones (excluding diaryl/α,β-unsaturated/α-hetero) is 1. The van der Waals surface area contributed by atoms with Gasteiger partial charge in [0.05, 0.1) is 0 Å². The highest BCUT2D eigenvalue weighted by Crippen LogP contribution is 2.60. The van der Waals surface area contributed by atoms with Gasteiger partial charge in [0.25, 0.3) is 0 Å². The van der Waals surface area contributed by atoms with Crippen LogP contribution in [0.4, 0.5) is 0 Å². The molecule has 5 heteroatoms. The minimum atomic E-state index is -0.853. The largest absolute Gasteiger partial charge is 0.453 e. The minimum Gasteiger partial charge on any atom is -0.453 e. The molecule has 6 rings (SSSR count). The van der Waals surface area contributed by atoms with Crippen LogP contribution < -0.4 is 5.32 Å². The molecule has 0 spiro atoms. The normalized spacial score (nSPS) is 31.8. The number of esters is 1. The highest BCUT2D eigenvalue weighted by Gasteiger charge is 2.54. The molecule has 0 saturated heterocycles. The number of nitrogens with one attached hydrogen (secondary N) is 1. The molecule has 5 nitrogen and oxygen atoms in total. The van der Waals surface area contributed by atoms with Crippen molar-refractivity contribution in [1.29, 1.82) is 0 Å². The van der Waals surface area contributed by atoms with Crippen molar-refractivity contribution in [1.82, 2.24) is 5.32 Å². The zero-order chi connectivity index (χ0) is 20.9. The van der Waals surface area contributed by atoms with Crippen LogP contribution in [-0.2, 0) is 27.2 Å². The van der Waals surface area contributed by atoms with Crippen LogP contribution in [-0.4, -0.2) is 30.3 Å². The lowest BCUT2D eigenvalue weighted by Crippen LogP contribution is -2.54. The van der Waals surface area contributed by atoms with Gasteiger partial charge in [0.2, 0.25) is 11.7 Å². The van der Waals surface area contributed by atoms with Crippen LogP contribution in [0.5, 0.6) is 0 Å². The minimum absolute atomic E-state index is 0.0103. The Kier molecular flexibility index (Phi) is 4.95. The summed E-state index contributed by atoms with van der Waals surface area (Å²) in [7, 11) is 0. The molecule has 1 N–H and O–H groups in total. The molecule has 4 saturated carbocycles. The van der Waals surface area contributed by atoms with Crippen LogP contribution in [0, 0.1) is 23.2 Å². The first-order valence-corrected chi connectivity index (χ1v) is 11.6. The maximum Gasteiger partial charge on any atom is 0.326 e. The second-order valence-corrected chi connectivity index (χ2v) is 10.2. The van der Waals surface area contributed by atoms with Crippen LogP contribution in [0.1, 0.15) is 73.4 Å². The maximum atomic E-state index is 13.0. The average molecular weight is 410 g/mol. The van der Waals surface area contributed by atoms with Gasteiger partial charge in [-0.05, 0) is 99.7 Å². The van der Waals surface area contributed by atoms with Crippen LogP contribution in [0.3, 0.4) is 0 Å². The molecule has 0 radical (unpaired) electrons. The number of carbonyl (C=O) groups excluding carboxylic acids is 3. The summed E-state index contributed by atoms with van der Waals surface area (Å²) < 4.78 is 5.35. The third-order valence-corrected chi connectivity index (χ3v) is 7.97. The summed E-state index contributed by atoms with van der Waals surface area (Å²) in [5, 5.41) is 2.83. The Morgan fingerprint density at radius 3 is 2.33 bits per heavy atom. The van der Waals surface area contributed by atoms with Crippen molar-refractivity contribution in [3.05, 3.63) is 34.9 Å². The number of carbonyl (C=O) groups is 3. The fraction of sp³-hybridized carbons (Fsp3) is 0.640. The summed E-state index contributed by atoms with van der Waals surface area (Å²) in [6.07, 6.45) is 9.06. The molecule has 30 heavy (non-hydrogen) atoms. The lowest BCUT2D eigenvalue weighted by Gasteiger charge is -2.55. The summed E-state index contributed by atoms with van der Waals surface area (Å²) >= 11 is 0. The summed E-state index contributed by atoms with van der Waals surface area (Å²) in [6.45, 7) is 1.44. The van der Waals surface area contributed by atoms with E-state index in [1.807, 2.05) is 18.2 Å². The Morgan fingerprint density at radius 1 is 1.03 bits per heavy atom. The number of aryl methyl sites for hydroxylation is 2. The standard InChI is InChI=1S/C25H31NO4/c1-15(23(28)21-6-5-19-3-2-4-20(19)10-21)30-22(27)14-26-24(29)25-11-16-7-17(12-25)9-18(8-16)13-25/h5-6,10,15-18H,2-4,7-9,11-14H2,1H3,(H,26,29)/t15-,16?,17?,18?,25?/m0/s1. The fourth-order valence-electron chi connectivity index (χ4n) is 6.98. The average Bonchev–Trinajstić information content (AvgIpc) is 3.18. The van der Waals surface area contributed by atoms with Gasteiger partial charge in [0.1, 0.15) is 6.54 Å². The van der Waals surface area contributed by atoms with Gasteiger partial charge in [-0.1, -0.05) is 12.1 Å². The number of hydrogen-bond donors (Lipinski definition) is 1. The van der Waals surface area contributed by atoms with Gasteiger partial charge >= 0.3 is 5.97 Å². The van der Waals surface area contributed by atoms with Gasteiger partial charge in [-0.15, -0.1) is 0 Å². The Balaban J connectivity index is 1.14. The summed E-state index contributed by atoms with van der Waals surface area (Å²) in [5.41, 5.74) is 2.85. The van der Waals surface area contributed by atoms with Crippen molar-refractivity contribution in [2.75, 3.05) is 6.54 Å². The molecule has 5 aliphatic carbocycles. The molecule has 1 aromatic rings. The number of hydrogen-bond acceptors (Lipinski definition) is 4. The number of benzene rings is 1. The van der Waals surface area contributed by atoms with E-state index in [-0.39, 0.29) is 23.7 Å². The second-order valence-electron chi connectivity index (χ2n) is 10.2. The van der Waals surface area contributed by atoms with Gasteiger partial charge in [-0.2, -0.15) is 0 Å². The summed E-state index contributed by atoms with van der Waals surface area (Å²) in [4.78, 5) is 38.0. The van der Waals surface area contributed by atoms with E-state index in [4.69, 9.17) is 4.74 Å². The SMILES string of the molecule is C[C@H](OC(=O)CNC(=O)C12CC3CC(CC(C3)C1)C2)C(=O)c1ccc2c(c1)CCC2. The van der Waals surface area contributed by atoms with Gasteiger partial charge in [-0.3, -0.25) is 14.4 Å². The zero-order valence-corrected chi connectivity index (χ0v) is 17.7. The number of ketones is 1. The number of amides is 1. The van der Waals surface area contributed by atoms with E-state index >= 15 is 0 Å². The topological polar surface area (TPSA) is 72.5 Å². The number of fused-ring (bicyclic) bond motifs is 1. The van der Waals surface area contributed by atoms with Crippen molar-refractivity contribution in [3.8, 4) is 0 Å². The van der Waals surface area contributed by atoms with Crippen molar-refractivity contribution in [3.63, 3.8) is 0 Å². The van der Waals surface area contributed by atoms with Crippen molar-refractivity contribution in [2.45, 2.75) is 70.8 Å². The molecule has 1 atom stereocenters. The zero-order valence-electron chi connectivity index (χ0n) is 17.7. The van der Waals surface area contributed by atoms with E-state index in [0.717, 1.165) is 38.5 Å². The van der Waals surface area contributed by atoms with Crippen molar-refractivity contribution in [2.24, 2.45) is 23.2 Å². The Hall–Kier alpha value is -2.17.